The minimum Gasteiger partial charge on any atom is -0.486 e. The molecule has 2 aromatic heterocycles. The van der Waals surface area contributed by atoms with Gasteiger partial charge in [0, 0.05) is 4.88 Å². The molecule has 0 radical (unpaired) electrons. The van der Waals surface area contributed by atoms with E-state index in [4.69, 9.17) is 9.26 Å². The van der Waals surface area contributed by atoms with Crippen molar-refractivity contribution in [2.45, 2.75) is 27.4 Å². The van der Waals surface area contributed by atoms with E-state index in [0.717, 1.165) is 10.6 Å². The highest BCUT2D eigenvalue weighted by Crippen LogP contribution is 2.24. The molecule has 8 heteroatoms. The number of amides is 1. The molecular weight excluding hydrogens is 345 g/mol. The number of hydrogen-bond acceptors (Lipinski definition) is 6. The standard InChI is InChI=1S/C17H16FN3O3S/c1-9-11(3)25-17(19-9)20-16(22)15-12(10(2)24-21-15)8-23-14-7-5-4-6-13(14)18/h4-7H,8H2,1-3H3,(H,19,20,22). The molecule has 2 heterocycles. The van der Waals surface area contributed by atoms with E-state index in [1.807, 2.05) is 13.8 Å². The van der Waals surface area contributed by atoms with E-state index in [0.29, 0.717) is 16.5 Å². The molecular formula is C17H16FN3O3S. The summed E-state index contributed by atoms with van der Waals surface area (Å²) in [7, 11) is 0. The van der Waals surface area contributed by atoms with Gasteiger partial charge in [0.1, 0.15) is 12.4 Å². The average molecular weight is 361 g/mol. The topological polar surface area (TPSA) is 77.3 Å². The summed E-state index contributed by atoms with van der Waals surface area (Å²) in [5.41, 5.74) is 1.42. The number of ether oxygens (including phenoxy) is 1. The summed E-state index contributed by atoms with van der Waals surface area (Å²) in [5.74, 6) is -0.386. The maximum atomic E-state index is 13.7. The van der Waals surface area contributed by atoms with E-state index < -0.39 is 11.7 Å². The van der Waals surface area contributed by atoms with Crippen LogP contribution in [-0.2, 0) is 6.61 Å². The minimum absolute atomic E-state index is 0.0328. The summed E-state index contributed by atoms with van der Waals surface area (Å²) >= 11 is 1.38. The van der Waals surface area contributed by atoms with Crippen molar-refractivity contribution in [3.05, 3.63) is 57.7 Å². The van der Waals surface area contributed by atoms with E-state index in [-0.39, 0.29) is 18.1 Å². The van der Waals surface area contributed by atoms with Crippen LogP contribution in [0.4, 0.5) is 9.52 Å². The molecule has 1 N–H and O–H groups in total. The number of thiazole rings is 1. The van der Waals surface area contributed by atoms with Gasteiger partial charge in [0.05, 0.1) is 11.3 Å². The minimum atomic E-state index is -0.476. The van der Waals surface area contributed by atoms with Crippen LogP contribution in [0, 0.1) is 26.6 Å². The molecule has 3 rings (SSSR count). The first-order valence-electron chi connectivity index (χ1n) is 7.53. The molecule has 0 bridgehead atoms. The molecule has 0 aliphatic rings. The zero-order chi connectivity index (χ0) is 18.0. The van der Waals surface area contributed by atoms with Gasteiger partial charge in [-0.3, -0.25) is 10.1 Å². The number of halogens is 1. The number of benzene rings is 1. The van der Waals surface area contributed by atoms with Gasteiger partial charge in [-0.1, -0.05) is 17.3 Å². The van der Waals surface area contributed by atoms with Crippen molar-refractivity contribution < 1.29 is 18.4 Å². The normalized spacial score (nSPS) is 10.7. The number of carbonyl (C=O) groups excluding carboxylic acids is 1. The third-order valence-electron chi connectivity index (χ3n) is 3.66. The summed E-state index contributed by atoms with van der Waals surface area (Å²) in [6, 6.07) is 6.05. The van der Waals surface area contributed by atoms with Crippen LogP contribution < -0.4 is 10.1 Å². The molecule has 0 spiro atoms. The van der Waals surface area contributed by atoms with E-state index in [1.165, 1.54) is 23.5 Å². The van der Waals surface area contributed by atoms with Crippen molar-refractivity contribution in [3.63, 3.8) is 0 Å². The van der Waals surface area contributed by atoms with Crippen LogP contribution in [0.15, 0.2) is 28.8 Å². The number of anilines is 1. The van der Waals surface area contributed by atoms with Crippen LogP contribution in [0.5, 0.6) is 5.75 Å². The van der Waals surface area contributed by atoms with Crippen molar-refractivity contribution >= 4 is 22.4 Å². The number of aromatic nitrogens is 2. The fraction of sp³-hybridized carbons (Fsp3) is 0.235. The quantitative estimate of drug-likeness (QED) is 0.742. The lowest BCUT2D eigenvalue weighted by Crippen LogP contribution is -2.15. The van der Waals surface area contributed by atoms with Gasteiger partial charge in [0.15, 0.2) is 22.4 Å². The van der Waals surface area contributed by atoms with Gasteiger partial charge < -0.3 is 9.26 Å². The van der Waals surface area contributed by atoms with Gasteiger partial charge in [-0.05, 0) is 32.9 Å². The monoisotopic (exact) mass is 361 g/mol. The number of carbonyl (C=O) groups is 1. The summed E-state index contributed by atoms with van der Waals surface area (Å²) in [4.78, 5) is 17.7. The molecule has 3 aromatic rings. The van der Waals surface area contributed by atoms with Gasteiger partial charge in [0.25, 0.3) is 5.91 Å². The SMILES string of the molecule is Cc1nc(NC(=O)c2noc(C)c2COc2ccccc2F)sc1C. The largest absolute Gasteiger partial charge is 0.486 e. The second-order valence-electron chi connectivity index (χ2n) is 5.40. The lowest BCUT2D eigenvalue weighted by molar-refractivity contribution is 0.101. The second-order valence-corrected chi connectivity index (χ2v) is 6.60. The first-order valence-corrected chi connectivity index (χ1v) is 8.35. The first kappa shape index (κ1) is 17.1. The lowest BCUT2D eigenvalue weighted by Gasteiger charge is -2.07. The third-order valence-corrected chi connectivity index (χ3v) is 4.65. The zero-order valence-electron chi connectivity index (χ0n) is 13.9. The molecule has 0 fully saturated rings. The van der Waals surface area contributed by atoms with Crippen LogP contribution in [-0.4, -0.2) is 16.0 Å². The Morgan fingerprint density at radius 1 is 1.32 bits per heavy atom. The predicted octanol–water partition coefficient (Wildman–Crippen LogP) is 4.03. The summed E-state index contributed by atoms with van der Waals surface area (Å²) in [5, 5.41) is 6.98. The maximum Gasteiger partial charge on any atom is 0.280 e. The Labute approximate surface area is 147 Å². The van der Waals surface area contributed by atoms with E-state index in [2.05, 4.69) is 15.5 Å². The molecule has 0 aliphatic carbocycles. The van der Waals surface area contributed by atoms with Crippen molar-refractivity contribution in [3.8, 4) is 5.75 Å². The Hall–Kier alpha value is -2.74. The molecule has 0 aliphatic heterocycles. The fourth-order valence-corrected chi connectivity index (χ4v) is 2.94. The van der Waals surface area contributed by atoms with Gasteiger partial charge >= 0.3 is 0 Å². The highest BCUT2D eigenvalue weighted by Gasteiger charge is 2.22. The van der Waals surface area contributed by atoms with Crippen molar-refractivity contribution in [2.75, 3.05) is 5.32 Å². The van der Waals surface area contributed by atoms with Gasteiger partial charge in [-0.15, -0.1) is 11.3 Å². The van der Waals surface area contributed by atoms with Crippen molar-refractivity contribution in [1.29, 1.82) is 0 Å². The Morgan fingerprint density at radius 3 is 2.76 bits per heavy atom. The molecule has 0 unspecified atom stereocenters. The van der Waals surface area contributed by atoms with E-state index in [9.17, 15) is 9.18 Å². The Morgan fingerprint density at radius 2 is 2.08 bits per heavy atom. The number of aryl methyl sites for hydroxylation is 3. The highest BCUT2D eigenvalue weighted by molar-refractivity contribution is 7.15. The Balaban J connectivity index is 1.76. The third kappa shape index (κ3) is 3.69. The van der Waals surface area contributed by atoms with Crippen LogP contribution in [0.3, 0.4) is 0 Å². The molecule has 130 valence electrons. The number of para-hydroxylation sites is 1. The lowest BCUT2D eigenvalue weighted by atomic mass is 10.2. The van der Waals surface area contributed by atoms with Crippen LogP contribution in [0.2, 0.25) is 0 Å². The summed E-state index contributed by atoms with van der Waals surface area (Å²) < 4.78 is 24.2. The summed E-state index contributed by atoms with van der Waals surface area (Å²) in [6.07, 6.45) is 0. The first-order chi connectivity index (χ1) is 12.0. The molecule has 25 heavy (non-hydrogen) atoms. The molecule has 1 amide bonds. The molecule has 0 saturated carbocycles. The number of hydrogen-bond donors (Lipinski definition) is 1. The fourth-order valence-electron chi connectivity index (χ4n) is 2.13. The van der Waals surface area contributed by atoms with Crippen LogP contribution >= 0.6 is 11.3 Å². The molecule has 0 atom stereocenters. The smallest absolute Gasteiger partial charge is 0.280 e. The predicted molar refractivity (Wildman–Crippen MR) is 91.5 cm³/mol. The van der Waals surface area contributed by atoms with Gasteiger partial charge in [0.2, 0.25) is 0 Å². The van der Waals surface area contributed by atoms with E-state index in [1.54, 1.807) is 19.1 Å². The highest BCUT2D eigenvalue weighted by atomic mass is 32.1. The average Bonchev–Trinajstić information content (AvgIpc) is 3.09. The zero-order valence-corrected chi connectivity index (χ0v) is 14.7. The molecule has 0 saturated heterocycles. The van der Waals surface area contributed by atoms with Crippen molar-refractivity contribution in [2.24, 2.45) is 0 Å². The van der Waals surface area contributed by atoms with Crippen molar-refractivity contribution in [1.82, 2.24) is 10.1 Å². The molecule has 1 aromatic carbocycles. The van der Waals surface area contributed by atoms with Crippen LogP contribution in [0.1, 0.15) is 32.4 Å². The van der Waals surface area contributed by atoms with E-state index >= 15 is 0 Å². The Bertz CT molecular complexity index is 900. The number of nitrogens with one attached hydrogen (secondary N) is 1. The van der Waals surface area contributed by atoms with Gasteiger partial charge in [-0.2, -0.15) is 0 Å². The number of nitrogens with zero attached hydrogens (tertiary/aromatic N) is 2. The molecule has 6 nitrogen and oxygen atoms in total. The Kier molecular flexibility index (Phi) is 4.80. The second kappa shape index (κ2) is 7.02. The number of rotatable bonds is 5. The van der Waals surface area contributed by atoms with Gasteiger partial charge in [-0.25, -0.2) is 9.37 Å². The summed E-state index contributed by atoms with van der Waals surface area (Å²) in [6.45, 7) is 5.43. The maximum absolute atomic E-state index is 13.7. The van der Waals surface area contributed by atoms with Crippen LogP contribution in [0.25, 0.3) is 0 Å².